The van der Waals surface area contributed by atoms with Gasteiger partial charge in [0.1, 0.15) is 5.78 Å². The van der Waals surface area contributed by atoms with Gasteiger partial charge in [-0.2, -0.15) is 0 Å². The molecule has 0 radical (unpaired) electrons. The van der Waals surface area contributed by atoms with Crippen LogP contribution in [0.1, 0.15) is 26.2 Å². The van der Waals surface area contributed by atoms with Gasteiger partial charge in [-0.3, -0.25) is 9.59 Å². The lowest BCUT2D eigenvalue weighted by Gasteiger charge is -2.34. The first-order valence-electron chi connectivity index (χ1n) is 4.90. The van der Waals surface area contributed by atoms with Gasteiger partial charge in [0.15, 0.2) is 0 Å². The number of ketones is 1. The maximum atomic E-state index is 11.4. The van der Waals surface area contributed by atoms with E-state index in [1.165, 1.54) is 6.92 Å². The highest BCUT2D eigenvalue weighted by molar-refractivity contribution is 5.96. The lowest BCUT2D eigenvalue weighted by Crippen LogP contribution is -2.39. The first kappa shape index (κ1) is 11.2. The Morgan fingerprint density at radius 2 is 2.00 bits per heavy atom. The van der Waals surface area contributed by atoms with Gasteiger partial charge in [-0.25, -0.2) is 0 Å². The Morgan fingerprint density at radius 3 is 2.43 bits per heavy atom. The fourth-order valence-electron chi connectivity index (χ4n) is 1.69. The van der Waals surface area contributed by atoms with Gasteiger partial charge in [0, 0.05) is 13.6 Å². The molecule has 4 heteroatoms. The van der Waals surface area contributed by atoms with E-state index in [-0.39, 0.29) is 24.2 Å². The number of aliphatic hydroxyl groups is 1. The fourth-order valence-corrected chi connectivity index (χ4v) is 1.69. The van der Waals surface area contributed by atoms with Crippen LogP contribution in [0.5, 0.6) is 0 Å². The van der Waals surface area contributed by atoms with Crippen molar-refractivity contribution >= 4 is 11.7 Å². The lowest BCUT2D eigenvalue weighted by atomic mass is 9.82. The predicted octanol–water partition coefficient (Wildman–Crippen LogP) is 0.195. The van der Waals surface area contributed by atoms with E-state index in [4.69, 9.17) is 5.11 Å². The molecule has 0 bridgehead atoms. The van der Waals surface area contributed by atoms with Crippen LogP contribution in [-0.2, 0) is 9.59 Å². The summed E-state index contributed by atoms with van der Waals surface area (Å²) in [5.74, 6) is 0.181. The van der Waals surface area contributed by atoms with Crippen LogP contribution >= 0.6 is 0 Å². The zero-order valence-electron chi connectivity index (χ0n) is 8.69. The van der Waals surface area contributed by atoms with Crippen LogP contribution in [-0.4, -0.2) is 41.4 Å². The number of hydrogen-bond acceptors (Lipinski definition) is 3. The van der Waals surface area contributed by atoms with Crippen molar-refractivity contribution in [1.29, 1.82) is 0 Å². The smallest absolute Gasteiger partial charge is 0.229 e. The largest absolute Gasteiger partial charge is 0.393 e. The summed E-state index contributed by atoms with van der Waals surface area (Å²) in [4.78, 5) is 23.6. The number of aliphatic hydroxyl groups excluding tert-OH is 1. The molecule has 0 spiro atoms. The third-order valence-electron chi connectivity index (χ3n) is 2.57. The van der Waals surface area contributed by atoms with Crippen molar-refractivity contribution in [3.05, 3.63) is 0 Å². The van der Waals surface area contributed by atoms with Crippen LogP contribution < -0.4 is 0 Å². The predicted molar refractivity (Wildman–Crippen MR) is 51.7 cm³/mol. The minimum atomic E-state index is -0.184. The summed E-state index contributed by atoms with van der Waals surface area (Å²) in [6, 6.07) is 0. The maximum absolute atomic E-state index is 11.4. The Balaban J connectivity index is 2.24. The van der Waals surface area contributed by atoms with Crippen LogP contribution in [0.2, 0.25) is 0 Å². The van der Waals surface area contributed by atoms with Gasteiger partial charge in [-0.05, 0) is 25.7 Å². The normalized spacial score (nSPS) is 25.4. The molecular weight excluding hydrogens is 182 g/mol. The summed E-state index contributed by atoms with van der Waals surface area (Å²) < 4.78 is 0. The molecule has 1 N–H and O–H groups in total. The van der Waals surface area contributed by atoms with Crippen LogP contribution in [0.4, 0.5) is 0 Å². The van der Waals surface area contributed by atoms with Crippen molar-refractivity contribution in [2.75, 3.05) is 13.6 Å². The van der Waals surface area contributed by atoms with Gasteiger partial charge < -0.3 is 10.0 Å². The Morgan fingerprint density at radius 1 is 1.43 bits per heavy atom. The highest BCUT2D eigenvalue weighted by Gasteiger charge is 2.29. The maximum Gasteiger partial charge on any atom is 0.229 e. The van der Waals surface area contributed by atoms with Crippen LogP contribution in [0, 0.1) is 5.92 Å². The van der Waals surface area contributed by atoms with E-state index in [9.17, 15) is 9.59 Å². The number of carbonyl (C=O) groups excluding carboxylic acids is 2. The molecule has 4 nitrogen and oxygen atoms in total. The Hall–Kier alpha value is -0.900. The molecular formula is C10H17NO3. The molecule has 1 amide bonds. The number of Topliss-reactive ketones (excluding diaryl/α,β-unsaturated/α-hetero) is 1. The number of rotatable bonds is 4. The Bertz CT molecular complexity index is 234. The number of hydrogen-bond donors (Lipinski definition) is 1. The molecule has 1 aliphatic rings. The van der Waals surface area contributed by atoms with Gasteiger partial charge in [0.05, 0.1) is 12.5 Å². The second-order valence-corrected chi connectivity index (χ2v) is 4.14. The topological polar surface area (TPSA) is 57.6 Å². The average molecular weight is 199 g/mol. The molecule has 1 fully saturated rings. The summed E-state index contributed by atoms with van der Waals surface area (Å²) in [7, 11) is 1.70. The van der Waals surface area contributed by atoms with E-state index in [1.807, 2.05) is 0 Å². The lowest BCUT2D eigenvalue weighted by molar-refractivity contribution is -0.135. The number of nitrogens with zero attached hydrogens (tertiary/aromatic N) is 1. The molecule has 0 aliphatic heterocycles. The van der Waals surface area contributed by atoms with Crippen molar-refractivity contribution < 1.29 is 14.7 Å². The molecule has 0 heterocycles. The quantitative estimate of drug-likeness (QED) is 0.658. The highest BCUT2D eigenvalue weighted by Crippen LogP contribution is 2.27. The van der Waals surface area contributed by atoms with Gasteiger partial charge in [0.25, 0.3) is 0 Å². The molecule has 1 rings (SSSR count). The second kappa shape index (κ2) is 4.55. The standard InChI is InChI=1S/C10H17NO3/c1-7(12)3-10(14)11(2)6-8-4-9(13)5-8/h8-9,13H,3-6H2,1-2H3. The van der Waals surface area contributed by atoms with E-state index >= 15 is 0 Å². The summed E-state index contributed by atoms with van der Waals surface area (Å²) >= 11 is 0. The molecule has 1 saturated carbocycles. The van der Waals surface area contributed by atoms with Crippen molar-refractivity contribution in [1.82, 2.24) is 4.90 Å². The van der Waals surface area contributed by atoms with Crippen LogP contribution in [0.3, 0.4) is 0 Å². The van der Waals surface area contributed by atoms with Crippen LogP contribution in [0.15, 0.2) is 0 Å². The van der Waals surface area contributed by atoms with E-state index in [1.54, 1.807) is 11.9 Å². The highest BCUT2D eigenvalue weighted by atomic mass is 16.3. The Kier molecular flexibility index (Phi) is 3.63. The zero-order chi connectivity index (χ0) is 10.7. The van der Waals surface area contributed by atoms with Gasteiger partial charge in [0.2, 0.25) is 5.91 Å². The van der Waals surface area contributed by atoms with E-state index in [2.05, 4.69) is 0 Å². The molecule has 0 aromatic heterocycles. The average Bonchev–Trinajstić information content (AvgIpc) is 2.00. The molecule has 0 unspecified atom stereocenters. The van der Waals surface area contributed by atoms with E-state index in [0.717, 1.165) is 12.8 Å². The summed E-state index contributed by atoms with van der Waals surface area (Å²) in [5, 5.41) is 9.06. The van der Waals surface area contributed by atoms with Crippen LogP contribution in [0.25, 0.3) is 0 Å². The molecule has 0 atom stereocenters. The number of carbonyl (C=O) groups is 2. The van der Waals surface area contributed by atoms with Gasteiger partial charge in [-0.15, -0.1) is 0 Å². The van der Waals surface area contributed by atoms with Crippen molar-refractivity contribution in [2.45, 2.75) is 32.3 Å². The molecule has 0 aromatic carbocycles. The molecule has 1 aliphatic carbocycles. The summed E-state index contributed by atoms with van der Waals surface area (Å²) in [6.07, 6.45) is 1.36. The monoisotopic (exact) mass is 199 g/mol. The van der Waals surface area contributed by atoms with E-state index in [0.29, 0.717) is 12.5 Å². The van der Waals surface area contributed by atoms with E-state index < -0.39 is 0 Å². The second-order valence-electron chi connectivity index (χ2n) is 4.14. The minimum absolute atomic E-state index is 0.00816. The third kappa shape index (κ3) is 3.10. The van der Waals surface area contributed by atoms with Crippen molar-refractivity contribution in [3.63, 3.8) is 0 Å². The minimum Gasteiger partial charge on any atom is -0.393 e. The first-order valence-corrected chi connectivity index (χ1v) is 4.90. The summed E-state index contributed by atoms with van der Waals surface area (Å²) in [6.45, 7) is 2.07. The van der Waals surface area contributed by atoms with Crippen molar-refractivity contribution in [2.24, 2.45) is 5.92 Å². The third-order valence-corrected chi connectivity index (χ3v) is 2.57. The van der Waals surface area contributed by atoms with Gasteiger partial charge >= 0.3 is 0 Å². The van der Waals surface area contributed by atoms with Crippen molar-refractivity contribution in [3.8, 4) is 0 Å². The molecule has 80 valence electrons. The molecule has 0 aromatic rings. The first-order chi connectivity index (χ1) is 6.49. The van der Waals surface area contributed by atoms with Gasteiger partial charge in [-0.1, -0.05) is 0 Å². The zero-order valence-corrected chi connectivity index (χ0v) is 8.69. The Labute approximate surface area is 83.9 Å². The molecule has 0 saturated heterocycles. The number of amides is 1. The fraction of sp³-hybridized carbons (Fsp3) is 0.800. The molecule has 14 heavy (non-hydrogen) atoms. The summed E-state index contributed by atoms with van der Waals surface area (Å²) in [5.41, 5.74) is 0. The SMILES string of the molecule is CC(=O)CC(=O)N(C)CC1CC(O)C1.